The molecule has 1 fully saturated rings. The van der Waals surface area contributed by atoms with Crippen LogP contribution in [0.3, 0.4) is 0 Å². The number of carbonyl (C=O) groups excluding carboxylic acids is 1. The molecule has 0 aliphatic carbocycles. The predicted octanol–water partition coefficient (Wildman–Crippen LogP) is 4.16. The van der Waals surface area contributed by atoms with Crippen molar-refractivity contribution in [1.82, 2.24) is 24.6 Å². The van der Waals surface area contributed by atoms with Crippen molar-refractivity contribution in [2.24, 2.45) is 5.92 Å². The number of likely N-dealkylation sites (tertiary alicyclic amines) is 1. The molecule has 0 saturated carbocycles. The summed E-state index contributed by atoms with van der Waals surface area (Å²) in [7, 11) is 0. The summed E-state index contributed by atoms with van der Waals surface area (Å²) in [4.78, 5) is 22.6. The highest BCUT2D eigenvalue weighted by atomic mass is 16.5. The molecule has 1 atom stereocenters. The van der Waals surface area contributed by atoms with E-state index in [0.717, 1.165) is 46.8 Å². The van der Waals surface area contributed by atoms with E-state index in [-0.39, 0.29) is 5.91 Å². The summed E-state index contributed by atoms with van der Waals surface area (Å²) in [6.07, 6.45) is 4.27. The Morgan fingerprint density at radius 1 is 1.12 bits per heavy atom. The lowest BCUT2D eigenvalue weighted by Gasteiger charge is -2.13. The van der Waals surface area contributed by atoms with Crippen LogP contribution in [0.1, 0.15) is 13.3 Å². The van der Waals surface area contributed by atoms with Gasteiger partial charge in [-0.1, -0.05) is 24.1 Å². The molecule has 7 nitrogen and oxygen atoms in total. The Kier molecular flexibility index (Phi) is 5.73. The van der Waals surface area contributed by atoms with Crippen LogP contribution in [0, 0.1) is 17.8 Å². The third kappa shape index (κ3) is 4.41. The molecule has 1 amide bonds. The fourth-order valence-corrected chi connectivity index (χ4v) is 4.16. The quantitative estimate of drug-likeness (QED) is 0.439. The van der Waals surface area contributed by atoms with E-state index >= 15 is 0 Å². The van der Waals surface area contributed by atoms with Crippen molar-refractivity contribution >= 4 is 16.9 Å². The minimum atomic E-state index is -0.105. The van der Waals surface area contributed by atoms with Crippen molar-refractivity contribution < 1.29 is 9.53 Å². The number of nitrogens with zero attached hydrogens (tertiary/aromatic N) is 5. The number of amides is 1. The average Bonchev–Trinajstić information content (AvgIpc) is 3.46. The van der Waals surface area contributed by atoms with Crippen LogP contribution in [0.25, 0.3) is 22.3 Å². The molecule has 5 rings (SSSR count). The highest BCUT2D eigenvalue weighted by Crippen LogP contribution is 2.30. The second kappa shape index (κ2) is 9.13. The number of ether oxygens (including phenoxy) is 1. The van der Waals surface area contributed by atoms with Gasteiger partial charge in [-0.25, -0.2) is 14.6 Å². The van der Waals surface area contributed by atoms with E-state index in [1.54, 1.807) is 19.4 Å². The van der Waals surface area contributed by atoms with Crippen molar-refractivity contribution in [3.63, 3.8) is 0 Å². The molecule has 1 saturated heterocycles. The standard InChI is InChI=1S/C26H23N5O2/c1-2-6-24(32)30-14-13-19(16-30)17-31-26-23(15-27-18-28-26)25(29-31)20-9-11-22(12-10-20)33-21-7-4-3-5-8-21/h3-5,7-12,15,18-19H,13-14,16-17H2,1H3. The zero-order valence-electron chi connectivity index (χ0n) is 18.3. The van der Waals surface area contributed by atoms with Gasteiger partial charge in [0.2, 0.25) is 0 Å². The van der Waals surface area contributed by atoms with Gasteiger partial charge < -0.3 is 9.64 Å². The second-order valence-corrected chi connectivity index (χ2v) is 8.01. The number of benzene rings is 2. The van der Waals surface area contributed by atoms with Crippen molar-refractivity contribution in [2.45, 2.75) is 19.9 Å². The lowest BCUT2D eigenvalue weighted by Crippen LogP contribution is -2.28. The molecule has 4 aromatic rings. The zero-order valence-corrected chi connectivity index (χ0v) is 18.3. The molecule has 1 unspecified atom stereocenters. The maximum atomic E-state index is 12.1. The molecule has 1 aliphatic rings. The zero-order chi connectivity index (χ0) is 22.6. The third-order valence-corrected chi connectivity index (χ3v) is 5.75. The van der Waals surface area contributed by atoms with E-state index in [0.29, 0.717) is 19.0 Å². The maximum absolute atomic E-state index is 12.1. The fraction of sp³-hybridized carbons (Fsp3) is 0.231. The van der Waals surface area contributed by atoms with Gasteiger partial charge in [0.25, 0.3) is 5.91 Å². The largest absolute Gasteiger partial charge is 0.457 e. The van der Waals surface area contributed by atoms with Crippen LogP contribution < -0.4 is 4.74 Å². The summed E-state index contributed by atoms with van der Waals surface area (Å²) in [5, 5.41) is 5.78. The van der Waals surface area contributed by atoms with E-state index in [2.05, 4.69) is 21.8 Å². The number of carbonyl (C=O) groups is 1. The van der Waals surface area contributed by atoms with Crippen molar-refractivity contribution in [2.75, 3.05) is 13.1 Å². The molecule has 0 spiro atoms. The first-order valence-electron chi connectivity index (χ1n) is 10.9. The van der Waals surface area contributed by atoms with Crippen molar-refractivity contribution in [1.29, 1.82) is 0 Å². The van der Waals surface area contributed by atoms with Crippen LogP contribution in [0.4, 0.5) is 0 Å². The third-order valence-electron chi connectivity index (χ3n) is 5.75. The predicted molar refractivity (Wildman–Crippen MR) is 125 cm³/mol. The van der Waals surface area contributed by atoms with Gasteiger partial charge in [-0.3, -0.25) is 4.79 Å². The number of para-hydroxylation sites is 1. The Labute approximate surface area is 192 Å². The van der Waals surface area contributed by atoms with E-state index in [1.165, 1.54) is 0 Å². The van der Waals surface area contributed by atoms with Gasteiger partial charge in [-0.2, -0.15) is 5.10 Å². The summed E-state index contributed by atoms with van der Waals surface area (Å²) >= 11 is 0. The SMILES string of the molecule is CC#CC(=O)N1CCC(Cn2nc(-c3ccc(Oc4ccccc4)cc3)c3cncnc32)C1. The van der Waals surface area contributed by atoms with E-state index in [9.17, 15) is 4.79 Å². The van der Waals surface area contributed by atoms with E-state index < -0.39 is 0 Å². The monoisotopic (exact) mass is 437 g/mol. The van der Waals surface area contributed by atoms with Gasteiger partial charge in [0.1, 0.15) is 23.5 Å². The van der Waals surface area contributed by atoms with Gasteiger partial charge in [-0.15, -0.1) is 0 Å². The number of hydrogen-bond acceptors (Lipinski definition) is 5. The lowest BCUT2D eigenvalue weighted by atomic mass is 10.1. The highest BCUT2D eigenvalue weighted by molar-refractivity contribution is 5.93. The lowest BCUT2D eigenvalue weighted by molar-refractivity contribution is -0.124. The Morgan fingerprint density at radius 2 is 1.91 bits per heavy atom. The number of fused-ring (bicyclic) bond motifs is 1. The van der Waals surface area contributed by atoms with Gasteiger partial charge in [0.15, 0.2) is 5.65 Å². The Balaban J connectivity index is 1.38. The van der Waals surface area contributed by atoms with Gasteiger partial charge >= 0.3 is 0 Å². The van der Waals surface area contributed by atoms with E-state index in [1.807, 2.05) is 64.2 Å². The summed E-state index contributed by atoms with van der Waals surface area (Å²) in [5.41, 5.74) is 2.60. The molecule has 0 bridgehead atoms. The topological polar surface area (TPSA) is 73.1 Å². The smallest absolute Gasteiger partial charge is 0.298 e. The first kappa shape index (κ1) is 20.7. The minimum Gasteiger partial charge on any atom is -0.457 e. The van der Waals surface area contributed by atoms with Gasteiger partial charge in [-0.05, 0) is 61.6 Å². The first-order chi connectivity index (χ1) is 16.2. The molecule has 1 aliphatic heterocycles. The summed E-state index contributed by atoms with van der Waals surface area (Å²) < 4.78 is 7.84. The van der Waals surface area contributed by atoms with Crippen LogP contribution in [0.5, 0.6) is 11.5 Å². The fourth-order valence-electron chi connectivity index (χ4n) is 4.16. The van der Waals surface area contributed by atoms with Crippen molar-refractivity contribution in [3.05, 3.63) is 67.1 Å². The molecule has 0 N–H and O–H groups in total. The molecule has 33 heavy (non-hydrogen) atoms. The Hall–Kier alpha value is -4.18. The van der Waals surface area contributed by atoms with Crippen LogP contribution >= 0.6 is 0 Å². The van der Waals surface area contributed by atoms with Crippen LogP contribution in [0.2, 0.25) is 0 Å². The molecule has 164 valence electrons. The Bertz CT molecular complexity index is 1340. The molecule has 2 aromatic carbocycles. The first-order valence-corrected chi connectivity index (χ1v) is 10.9. The summed E-state index contributed by atoms with van der Waals surface area (Å²) in [6.45, 7) is 3.78. The van der Waals surface area contributed by atoms with Crippen molar-refractivity contribution in [3.8, 4) is 34.6 Å². The normalized spacial score (nSPS) is 15.3. The summed E-state index contributed by atoms with van der Waals surface area (Å²) in [5.74, 6) is 7.07. The van der Waals surface area contributed by atoms with Crippen LogP contribution in [-0.4, -0.2) is 43.6 Å². The number of rotatable bonds is 5. The highest BCUT2D eigenvalue weighted by Gasteiger charge is 2.27. The average molecular weight is 438 g/mol. The molecule has 7 heteroatoms. The molecule has 0 radical (unpaired) electrons. The molecule has 3 heterocycles. The van der Waals surface area contributed by atoms with E-state index in [4.69, 9.17) is 9.84 Å². The Morgan fingerprint density at radius 3 is 2.70 bits per heavy atom. The van der Waals surface area contributed by atoms with Gasteiger partial charge in [0.05, 0.1) is 5.39 Å². The molecular weight excluding hydrogens is 414 g/mol. The summed E-state index contributed by atoms with van der Waals surface area (Å²) in [6, 6.07) is 17.6. The van der Waals surface area contributed by atoms with Crippen LogP contribution in [0.15, 0.2) is 67.1 Å². The maximum Gasteiger partial charge on any atom is 0.298 e. The number of aromatic nitrogens is 4. The number of hydrogen-bond donors (Lipinski definition) is 0. The molecular formula is C26H23N5O2. The van der Waals surface area contributed by atoms with Gasteiger partial charge in [0, 0.05) is 31.4 Å². The minimum absolute atomic E-state index is 0.105. The van der Waals surface area contributed by atoms with Crippen LogP contribution in [-0.2, 0) is 11.3 Å². The second-order valence-electron chi connectivity index (χ2n) is 8.01. The molecule has 2 aromatic heterocycles.